The first-order valence-electron chi connectivity index (χ1n) is 11.4. The van der Waals surface area contributed by atoms with E-state index >= 15 is 0 Å². The van der Waals surface area contributed by atoms with Gasteiger partial charge in [-0.15, -0.1) is 0 Å². The van der Waals surface area contributed by atoms with Gasteiger partial charge < -0.3 is 15.3 Å². The third kappa shape index (κ3) is 4.99. The Morgan fingerprint density at radius 3 is 2.77 bits per heavy atom. The third-order valence-corrected chi connectivity index (χ3v) is 7.21. The van der Waals surface area contributed by atoms with Crippen LogP contribution in [-0.4, -0.2) is 33.1 Å². The Labute approximate surface area is 182 Å². The average Bonchev–Trinajstić information content (AvgIpc) is 3.00. The number of hydrogen-bond donors (Lipinski definition) is 3. The second-order valence-electron chi connectivity index (χ2n) is 10.3. The molecule has 0 aliphatic heterocycles. The summed E-state index contributed by atoms with van der Waals surface area (Å²) in [6, 6.07) is 0. The molecular formula is C27H38O3. The van der Waals surface area contributed by atoms with Crippen LogP contribution >= 0.6 is 0 Å². The van der Waals surface area contributed by atoms with Gasteiger partial charge in [0.1, 0.15) is 5.60 Å². The van der Waals surface area contributed by atoms with Crippen molar-refractivity contribution in [1.82, 2.24) is 0 Å². The van der Waals surface area contributed by atoms with Crippen LogP contribution in [0.25, 0.3) is 0 Å². The predicted molar refractivity (Wildman–Crippen MR) is 123 cm³/mol. The number of aliphatic hydroxyl groups excluding tert-OH is 2. The van der Waals surface area contributed by atoms with Crippen molar-refractivity contribution >= 4 is 0 Å². The zero-order valence-electron chi connectivity index (χ0n) is 19.0. The van der Waals surface area contributed by atoms with E-state index in [2.05, 4.69) is 50.5 Å². The second-order valence-corrected chi connectivity index (χ2v) is 10.3. The first-order valence-corrected chi connectivity index (χ1v) is 11.4. The van der Waals surface area contributed by atoms with E-state index < -0.39 is 17.8 Å². The monoisotopic (exact) mass is 410 g/mol. The van der Waals surface area contributed by atoms with Crippen molar-refractivity contribution in [1.29, 1.82) is 0 Å². The quantitative estimate of drug-likeness (QED) is 0.460. The number of fused-ring (bicyclic) bond motifs is 1. The molecule has 2 fully saturated rings. The van der Waals surface area contributed by atoms with Gasteiger partial charge in [-0.2, -0.15) is 0 Å². The summed E-state index contributed by atoms with van der Waals surface area (Å²) >= 11 is 0. The molecule has 3 N–H and O–H groups in total. The molecule has 164 valence electrons. The number of rotatable bonds is 3. The summed E-state index contributed by atoms with van der Waals surface area (Å²) in [6.45, 7) is 12.1. The Hall–Kier alpha value is -1.60. The molecule has 0 aromatic rings. The lowest BCUT2D eigenvalue weighted by atomic mass is 9.62. The predicted octanol–water partition coefficient (Wildman–Crippen LogP) is 4.85. The van der Waals surface area contributed by atoms with Gasteiger partial charge in [0, 0.05) is 12.8 Å². The molecule has 3 rings (SSSR count). The SMILES string of the molecule is C=C1C(=CC=C2CCC[C@]3(C)C([C@H](C)CC#CC(C)(C)O)=CC[C@@H]23)C[C@H](O)C[C@H]1O. The van der Waals surface area contributed by atoms with Crippen molar-refractivity contribution in [3.05, 3.63) is 47.1 Å². The summed E-state index contributed by atoms with van der Waals surface area (Å²) in [6.07, 6.45) is 11.9. The standard InChI is InChI=1S/C27H38O3/c1-18(8-6-14-26(3,4)30)23-12-13-24-20(9-7-15-27(23,24)5)10-11-21-16-22(28)17-25(29)19(21)2/h10-12,18,22,24-25,28-30H,2,7-9,13,15-17H2,1,3-5H3/t18-,22+,24+,25-,27-/m1/s1. The Morgan fingerprint density at radius 1 is 1.33 bits per heavy atom. The molecule has 0 saturated heterocycles. The maximum absolute atomic E-state index is 10.1. The summed E-state index contributed by atoms with van der Waals surface area (Å²) in [5.74, 6) is 7.03. The van der Waals surface area contributed by atoms with Gasteiger partial charge >= 0.3 is 0 Å². The molecule has 5 atom stereocenters. The molecule has 3 nitrogen and oxygen atoms in total. The van der Waals surface area contributed by atoms with Crippen molar-refractivity contribution in [2.75, 3.05) is 0 Å². The summed E-state index contributed by atoms with van der Waals surface area (Å²) < 4.78 is 0. The number of hydrogen-bond acceptors (Lipinski definition) is 3. The van der Waals surface area contributed by atoms with Crippen LogP contribution in [0.5, 0.6) is 0 Å². The van der Waals surface area contributed by atoms with E-state index in [9.17, 15) is 15.3 Å². The molecule has 0 amide bonds. The zero-order valence-corrected chi connectivity index (χ0v) is 19.0. The summed E-state index contributed by atoms with van der Waals surface area (Å²) in [4.78, 5) is 0. The molecule has 0 heterocycles. The lowest BCUT2D eigenvalue weighted by Crippen LogP contribution is -2.32. The highest BCUT2D eigenvalue weighted by atomic mass is 16.3. The van der Waals surface area contributed by atoms with Crippen molar-refractivity contribution < 1.29 is 15.3 Å². The van der Waals surface area contributed by atoms with Gasteiger partial charge in [-0.25, -0.2) is 0 Å². The average molecular weight is 411 g/mol. The highest BCUT2D eigenvalue weighted by molar-refractivity contribution is 5.40. The Balaban J connectivity index is 1.76. The van der Waals surface area contributed by atoms with E-state index in [1.807, 2.05) is 0 Å². The minimum atomic E-state index is -0.936. The van der Waals surface area contributed by atoms with Crippen LogP contribution in [0.1, 0.15) is 72.6 Å². The van der Waals surface area contributed by atoms with Crippen molar-refractivity contribution in [3.63, 3.8) is 0 Å². The van der Waals surface area contributed by atoms with Crippen LogP contribution in [0.2, 0.25) is 0 Å². The van der Waals surface area contributed by atoms with E-state index in [4.69, 9.17) is 0 Å². The Kier molecular flexibility index (Phi) is 6.82. The van der Waals surface area contributed by atoms with Crippen LogP contribution in [0.3, 0.4) is 0 Å². The zero-order chi connectivity index (χ0) is 22.1. The molecule has 0 bridgehead atoms. The summed E-state index contributed by atoms with van der Waals surface area (Å²) in [5.41, 5.74) is 3.95. The van der Waals surface area contributed by atoms with Gasteiger partial charge in [0.05, 0.1) is 12.2 Å². The molecule has 0 radical (unpaired) electrons. The molecule has 0 spiro atoms. The van der Waals surface area contributed by atoms with Crippen LogP contribution in [0.4, 0.5) is 0 Å². The maximum Gasteiger partial charge on any atom is 0.119 e. The minimum absolute atomic E-state index is 0.168. The van der Waals surface area contributed by atoms with Gasteiger partial charge in [0.25, 0.3) is 0 Å². The largest absolute Gasteiger partial charge is 0.393 e. The van der Waals surface area contributed by atoms with Gasteiger partial charge in [-0.05, 0) is 74.3 Å². The topological polar surface area (TPSA) is 60.7 Å². The van der Waals surface area contributed by atoms with Crippen molar-refractivity contribution in [2.24, 2.45) is 17.3 Å². The fourth-order valence-electron chi connectivity index (χ4n) is 5.61. The molecule has 2 saturated carbocycles. The third-order valence-electron chi connectivity index (χ3n) is 7.21. The molecule has 3 aliphatic carbocycles. The van der Waals surface area contributed by atoms with Crippen LogP contribution in [-0.2, 0) is 0 Å². The van der Waals surface area contributed by atoms with Crippen LogP contribution in [0, 0.1) is 29.1 Å². The second kappa shape index (κ2) is 8.87. The minimum Gasteiger partial charge on any atom is -0.393 e. The summed E-state index contributed by atoms with van der Waals surface area (Å²) in [7, 11) is 0. The first kappa shape index (κ1) is 23.1. The fraction of sp³-hybridized carbons (Fsp3) is 0.630. The smallest absolute Gasteiger partial charge is 0.119 e. The lowest BCUT2D eigenvalue weighted by Gasteiger charge is -2.42. The van der Waals surface area contributed by atoms with Gasteiger partial charge in [-0.3, -0.25) is 0 Å². The molecular weight excluding hydrogens is 372 g/mol. The van der Waals surface area contributed by atoms with E-state index in [-0.39, 0.29) is 5.41 Å². The van der Waals surface area contributed by atoms with Crippen molar-refractivity contribution in [2.45, 2.75) is 90.4 Å². The van der Waals surface area contributed by atoms with Gasteiger partial charge in [0.15, 0.2) is 0 Å². The first-order chi connectivity index (χ1) is 14.0. The molecule has 3 heteroatoms. The number of aliphatic hydroxyl groups is 3. The van der Waals surface area contributed by atoms with Crippen molar-refractivity contribution in [3.8, 4) is 11.8 Å². The Morgan fingerprint density at radius 2 is 2.07 bits per heavy atom. The van der Waals surface area contributed by atoms with Crippen LogP contribution in [0.15, 0.2) is 47.1 Å². The van der Waals surface area contributed by atoms with E-state index in [1.54, 1.807) is 13.8 Å². The fourth-order valence-corrected chi connectivity index (χ4v) is 5.61. The molecule has 0 unspecified atom stereocenters. The van der Waals surface area contributed by atoms with Gasteiger partial charge in [-0.1, -0.05) is 61.6 Å². The molecule has 0 aromatic heterocycles. The Bertz CT molecular complexity index is 826. The number of allylic oxidation sites excluding steroid dienone is 5. The highest BCUT2D eigenvalue weighted by Gasteiger charge is 2.45. The molecule has 30 heavy (non-hydrogen) atoms. The summed E-state index contributed by atoms with van der Waals surface area (Å²) in [5, 5.41) is 30.0. The van der Waals surface area contributed by atoms with E-state index in [0.717, 1.165) is 30.4 Å². The van der Waals surface area contributed by atoms with E-state index in [0.29, 0.717) is 24.7 Å². The normalized spacial score (nSPS) is 35.6. The molecule has 0 aromatic carbocycles. The van der Waals surface area contributed by atoms with Crippen LogP contribution < -0.4 is 0 Å². The lowest BCUT2D eigenvalue weighted by molar-refractivity contribution is 0.0862. The highest BCUT2D eigenvalue weighted by Crippen LogP contribution is 2.56. The molecule has 3 aliphatic rings. The maximum atomic E-state index is 10.1. The van der Waals surface area contributed by atoms with E-state index in [1.165, 1.54) is 24.0 Å². The van der Waals surface area contributed by atoms with Gasteiger partial charge in [0.2, 0.25) is 0 Å².